The van der Waals surface area contributed by atoms with Crippen LogP contribution < -0.4 is 4.90 Å². The zero-order valence-electron chi connectivity index (χ0n) is 21.5. The highest BCUT2D eigenvalue weighted by atomic mass is 35.5. The summed E-state index contributed by atoms with van der Waals surface area (Å²) in [5.41, 5.74) is 4.43. The van der Waals surface area contributed by atoms with Crippen LogP contribution in [0.2, 0.25) is 5.02 Å². The third-order valence-electron chi connectivity index (χ3n) is 8.18. The van der Waals surface area contributed by atoms with Gasteiger partial charge < -0.3 is 4.90 Å². The quantitative estimate of drug-likeness (QED) is 0.278. The number of rotatable bonds is 5. The number of para-hydroxylation sites is 1. The lowest BCUT2D eigenvalue weighted by molar-refractivity contribution is -0.129. The van der Waals surface area contributed by atoms with Gasteiger partial charge in [0.05, 0.1) is 12.5 Å². The SMILES string of the molecule is Cc1ccc([C@@H]2CN(C)[C@@]3(C(=O)N(Cc4cccc(Cl)c4)c4ccccc43)[C@@H]2C(=O)c2ccccc2)cc1. The molecule has 0 aliphatic carbocycles. The standard InChI is InChI=1S/C33H29ClN2O2/c1-22-15-17-24(18-16-22)27-21-35(2)33(30(27)31(37)25-10-4-3-5-11-25)28-13-6-7-14-29(28)36(32(33)38)20-23-9-8-12-26(34)19-23/h3-19,27,30H,20-21H2,1-2H3/t27-,30-,33+/m0/s1. The molecule has 0 aromatic heterocycles. The number of carbonyl (C=O) groups is 2. The molecule has 1 fully saturated rings. The minimum absolute atomic E-state index is 0.00622. The van der Waals surface area contributed by atoms with Crippen molar-refractivity contribution >= 4 is 29.0 Å². The van der Waals surface area contributed by atoms with Crippen LogP contribution in [0.4, 0.5) is 5.69 Å². The number of amides is 1. The fraction of sp³-hybridized carbons (Fsp3) is 0.212. The Morgan fingerprint density at radius 1 is 0.921 bits per heavy atom. The van der Waals surface area contributed by atoms with Crippen LogP contribution in [0.15, 0.2) is 103 Å². The van der Waals surface area contributed by atoms with E-state index in [4.69, 9.17) is 11.6 Å². The van der Waals surface area contributed by atoms with Gasteiger partial charge in [0, 0.05) is 34.3 Å². The highest BCUT2D eigenvalue weighted by Gasteiger charge is 2.66. The number of hydrogen-bond donors (Lipinski definition) is 0. The molecule has 190 valence electrons. The summed E-state index contributed by atoms with van der Waals surface area (Å²) in [6.07, 6.45) is 0. The Bertz CT molecular complexity index is 1520. The highest BCUT2D eigenvalue weighted by molar-refractivity contribution is 6.30. The smallest absolute Gasteiger partial charge is 0.253 e. The molecule has 38 heavy (non-hydrogen) atoms. The van der Waals surface area contributed by atoms with Crippen molar-refractivity contribution in [3.05, 3.63) is 136 Å². The maximum Gasteiger partial charge on any atom is 0.253 e. The van der Waals surface area contributed by atoms with Crippen molar-refractivity contribution in [2.75, 3.05) is 18.5 Å². The molecule has 6 rings (SSSR count). The molecule has 1 saturated heterocycles. The maximum absolute atomic E-state index is 14.8. The monoisotopic (exact) mass is 520 g/mol. The van der Waals surface area contributed by atoms with Crippen molar-refractivity contribution in [2.45, 2.75) is 24.9 Å². The molecule has 4 aromatic carbocycles. The van der Waals surface area contributed by atoms with Gasteiger partial charge in [-0.3, -0.25) is 14.5 Å². The first-order valence-corrected chi connectivity index (χ1v) is 13.3. The Morgan fingerprint density at radius 3 is 2.37 bits per heavy atom. The summed E-state index contributed by atoms with van der Waals surface area (Å²) in [5, 5.41) is 0.631. The minimum Gasteiger partial charge on any atom is -0.306 e. The number of likely N-dealkylation sites (N-methyl/N-ethyl adjacent to an activating group) is 1. The lowest BCUT2D eigenvalue weighted by atomic mass is 9.70. The number of likely N-dealkylation sites (tertiary alicyclic amines) is 1. The summed E-state index contributed by atoms with van der Waals surface area (Å²) in [4.78, 5) is 33.2. The highest BCUT2D eigenvalue weighted by Crippen LogP contribution is 2.57. The average molecular weight is 521 g/mol. The van der Waals surface area contributed by atoms with E-state index in [1.807, 2.05) is 90.8 Å². The second kappa shape index (κ2) is 9.54. The molecule has 2 heterocycles. The van der Waals surface area contributed by atoms with E-state index in [9.17, 15) is 9.59 Å². The van der Waals surface area contributed by atoms with E-state index in [0.29, 0.717) is 23.7 Å². The van der Waals surface area contributed by atoms with Crippen LogP contribution in [0.5, 0.6) is 0 Å². The van der Waals surface area contributed by atoms with E-state index in [1.54, 1.807) is 0 Å². The molecule has 0 unspecified atom stereocenters. The van der Waals surface area contributed by atoms with Crippen molar-refractivity contribution < 1.29 is 9.59 Å². The second-order valence-electron chi connectivity index (χ2n) is 10.4. The number of anilines is 1. The Hall–Kier alpha value is -3.73. The number of halogens is 1. The van der Waals surface area contributed by atoms with Gasteiger partial charge in [0.25, 0.3) is 5.91 Å². The van der Waals surface area contributed by atoms with Crippen molar-refractivity contribution in [3.63, 3.8) is 0 Å². The molecule has 0 N–H and O–H groups in total. The van der Waals surface area contributed by atoms with Gasteiger partial charge in [-0.15, -0.1) is 0 Å². The molecule has 1 amide bonds. The summed E-state index contributed by atoms with van der Waals surface area (Å²) in [7, 11) is 1.98. The molecule has 3 atom stereocenters. The van der Waals surface area contributed by atoms with Gasteiger partial charge in [0.2, 0.25) is 0 Å². The van der Waals surface area contributed by atoms with Crippen molar-refractivity contribution in [2.24, 2.45) is 5.92 Å². The van der Waals surface area contributed by atoms with Gasteiger partial charge in [0.1, 0.15) is 5.54 Å². The minimum atomic E-state index is -1.11. The Balaban J connectivity index is 1.54. The fourth-order valence-electron chi connectivity index (χ4n) is 6.44. The van der Waals surface area contributed by atoms with Crippen molar-refractivity contribution in [1.82, 2.24) is 4.90 Å². The number of Topliss-reactive ketones (excluding diaryl/α,β-unsaturated/α-hetero) is 1. The molecule has 0 radical (unpaired) electrons. The van der Waals surface area contributed by atoms with Gasteiger partial charge >= 0.3 is 0 Å². The van der Waals surface area contributed by atoms with Crippen LogP contribution in [-0.2, 0) is 16.9 Å². The predicted octanol–water partition coefficient (Wildman–Crippen LogP) is 6.62. The summed E-state index contributed by atoms with van der Waals surface area (Å²) in [6, 6.07) is 33.3. The fourth-order valence-corrected chi connectivity index (χ4v) is 6.66. The number of ketones is 1. The van der Waals surface area contributed by atoms with Gasteiger partial charge in [-0.2, -0.15) is 0 Å². The Morgan fingerprint density at radius 2 is 1.63 bits per heavy atom. The van der Waals surface area contributed by atoms with Gasteiger partial charge in [0.15, 0.2) is 5.78 Å². The first kappa shape index (κ1) is 24.6. The number of hydrogen-bond acceptors (Lipinski definition) is 3. The zero-order chi connectivity index (χ0) is 26.4. The number of nitrogens with zero attached hydrogens (tertiary/aromatic N) is 2. The van der Waals surface area contributed by atoms with E-state index in [2.05, 4.69) is 36.1 Å². The number of benzene rings is 4. The third-order valence-corrected chi connectivity index (χ3v) is 8.41. The maximum atomic E-state index is 14.8. The van der Waals surface area contributed by atoms with Crippen LogP contribution >= 0.6 is 11.6 Å². The molecule has 5 heteroatoms. The molecule has 2 aliphatic heterocycles. The lowest BCUT2D eigenvalue weighted by Gasteiger charge is -2.36. The predicted molar refractivity (Wildman–Crippen MR) is 152 cm³/mol. The average Bonchev–Trinajstić information content (AvgIpc) is 3.37. The largest absolute Gasteiger partial charge is 0.306 e. The number of carbonyl (C=O) groups excluding carboxylic acids is 2. The lowest BCUT2D eigenvalue weighted by Crippen LogP contribution is -2.53. The zero-order valence-corrected chi connectivity index (χ0v) is 22.2. The summed E-state index contributed by atoms with van der Waals surface area (Å²) in [5.74, 6) is -0.801. The normalized spacial score (nSPS) is 22.7. The molecular weight excluding hydrogens is 492 g/mol. The van der Waals surface area contributed by atoms with E-state index < -0.39 is 11.5 Å². The number of fused-ring (bicyclic) bond motifs is 2. The van der Waals surface area contributed by atoms with Crippen LogP contribution in [0, 0.1) is 12.8 Å². The van der Waals surface area contributed by atoms with Crippen molar-refractivity contribution in [3.8, 4) is 0 Å². The molecule has 4 aromatic rings. The first-order valence-electron chi connectivity index (χ1n) is 12.9. The molecule has 4 nitrogen and oxygen atoms in total. The first-order chi connectivity index (χ1) is 18.4. The van der Waals surface area contributed by atoms with Gasteiger partial charge in [-0.1, -0.05) is 102 Å². The van der Waals surface area contributed by atoms with E-state index in [1.165, 1.54) is 0 Å². The molecule has 2 aliphatic rings. The third kappa shape index (κ3) is 3.79. The molecule has 1 spiro atoms. The summed E-state index contributed by atoms with van der Waals surface area (Å²) < 4.78 is 0. The Labute approximate surface area is 228 Å². The van der Waals surface area contributed by atoms with E-state index in [0.717, 1.165) is 27.9 Å². The topological polar surface area (TPSA) is 40.6 Å². The van der Waals surface area contributed by atoms with Gasteiger partial charge in [-0.05, 0) is 43.3 Å². The van der Waals surface area contributed by atoms with Crippen molar-refractivity contribution in [1.29, 1.82) is 0 Å². The second-order valence-corrected chi connectivity index (χ2v) is 10.8. The van der Waals surface area contributed by atoms with E-state index in [-0.39, 0.29) is 17.6 Å². The van der Waals surface area contributed by atoms with Crippen LogP contribution in [0.3, 0.4) is 0 Å². The van der Waals surface area contributed by atoms with Crippen LogP contribution in [0.1, 0.15) is 38.5 Å². The summed E-state index contributed by atoms with van der Waals surface area (Å²) >= 11 is 6.28. The number of aryl methyl sites for hydroxylation is 1. The van der Waals surface area contributed by atoms with Crippen LogP contribution in [-0.4, -0.2) is 30.2 Å². The molecule has 0 bridgehead atoms. The molecular formula is C33H29ClN2O2. The van der Waals surface area contributed by atoms with Gasteiger partial charge in [-0.25, -0.2) is 0 Å². The summed E-state index contributed by atoms with van der Waals surface area (Å²) in [6.45, 7) is 3.04. The van der Waals surface area contributed by atoms with Crippen LogP contribution in [0.25, 0.3) is 0 Å². The van der Waals surface area contributed by atoms with E-state index >= 15 is 0 Å². The molecule has 0 saturated carbocycles. The Kier molecular flexibility index (Phi) is 6.17.